The number of likely N-dealkylation sites (N-methyl/N-ethyl adjacent to an activating group) is 2. The Morgan fingerprint density at radius 2 is 2.14 bits per heavy atom. The lowest BCUT2D eigenvalue weighted by atomic mass is 10.2. The lowest BCUT2D eigenvalue weighted by molar-refractivity contribution is 0.270. The van der Waals surface area contributed by atoms with E-state index in [1.807, 2.05) is 12.4 Å². The van der Waals surface area contributed by atoms with Crippen LogP contribution in [0.15, 0.2) is 12.4 Å². The highest BCUT2D eigenvalue weighted by Crippen LogP contribution is 2.20. The Morgan fingerprint density at radius 3 is 2.81 bits per heavy atom. The van der Waals surface area contributed by atoms with Gasteiger partial charge in [0.25, 0.3) is 0 Å². The molecule has 2 fully saturated rings. The van der Waals surface area contributed by atoms with E-state index in [0.29, 0.717) is 6.04 Å². The molecule has 1 aliphatic heterocycles. The fourth-order valence-corrected chi connectivity index (χ4v) is 3.10. The van der Waals surface area contributed by atoms with Crippen molar-refractivity contribution in [3.05, 3.63) is 18.1 Å². The molecule has 116 valence electrons. The Labute approximate surface area is 127 Å². The molecule has 0 spiro atoms. The molecule has 1 aromatic rings. The van der Waals surface area contributed by atoms with Gasteiger partial charge in [-0.3, -0.25) is 9.88 Å². The number of aromatic nitrogens is 2. The average Bonchev–Trinajstić information content (AvgIpc) is 3.24. The summed E-state index contributed by atoms with van der Waals surface area (Å²) in [6.45, 7) is 6.53. The summed E-state index contributed by atoms with van der Waals surface area (Å²) in [5.41, 5.74) is 1.04. The molecular formula is C16H27N5. The summed E-state index contributed by atoms with van der Waals surface area (Å²) in [5, 5.41) is 3.47. The highest BCUT2D eigenvalue weighted by molar-refractivity contribution is 5.34. The van der Waals surface area contributed by atoms with Gasteiger partial charge in [-0.05, 0) is 38.8 Å². The lowest BCUT2D eigenvalue weighted by Gasteiger charge is -2.28. The molecule has 1 atom stereocenters. The lowest BCUT2D eigenvalue weighted by Crippen LogP contribution is -2.39. The number of nitrogens with one attached hydrogen (secondary N) is 1. The first-order chi connectivity index (χ1) is 10.3. The van der Waals surface area contributed by atoms with Gasteiger partial charge in [0.05, 0.1) is 18.1 Å². The summed E-state index contributed by atoms with van der Waals surface area (Å²) in [4.78, 5) is 13.9. The second-order valence-electron chi connectivity index (χ2n) is 6.33. The molecule has 1 aliphatic carbocycles. The van der Waals surface area contributed by atoms with Crippen molar-refractivity contribution in [3.63, 3.8) is 0 Å². The van der Waals surface area contributed by atoms with Crippen molar-refractivity contribution in [2.24, 2.45) is 0 Å². The molecule has 2 heterocycles. The number of anilines is 1. The van der Waals surface area contributed by atoms with Crippen LogP contribution >= 0.6 is 0 Å². The summed E-state index contributed by atoms with van der Waals surface area (Å²) in [7, 11) is 2.12. The minimum Gasteiger partial charge on any atom is -0.357 e. The van der Waals surface area contributed by atoms with Gasteiger partial charge in [-0.15, -0.1) is 0 Å². The topological polar surface area (TPSA) is 44.3 Å². The van der Waals surface area contributed by atoms with Crippen molar-refractivity contribution in [2.75, 3.05) is 31.6 Å². The molecule has 3 rings (SSSR count). The number of rotatable bonds is 7. The van der Waals surface area contributed by atoms with E-state index in [1.54, 1.807) is 0 Å². The molecule has 21 heavy (non-hydrogen) atoms. The highest BCUT2D eigenvalue weighted by Gasteiger charge is 2.24. The zero-order chi connectivity index (χ0) is 14.7. The van der Waals surface area contributed by atoms with Crippen LogP contribution in [0, 0.1) is 0 Å². The van der Waals surface area contributed by atoms with Crippen LogP contribution in [0.4, 0.5) is 5.82 Å². The maximum absolute atomic E-state index is 4.57. The summed E-state index contributed by atoms with van der Waals surface area (Å²) in [6.07, 6.45) is 9.06. The Kier molecular flexibility index (Phi) is 4.70. The molecule has 0 aromatic carbocycles. The van der Waals surface area contributed by atoms with Crippen molar-refractivity contribution >= 4 is 5.82 Å². The van der Waals surface area contributed by atoms with Gasteiger partial charge in [-0.2, -0.15) is 0 Å². The van der Waals surface area contributed by atoms with Gasteiger partial charge in [0, 0.05) is 32.2 Å². The fourth-order valence-electron chi connectivity index (χ4n) is 3.10. The van der Waals surface area contributed by atoms with E-state index in [1.165, 1.54) is 32.2 Å². The summed E-state index contributed by atoms with van der Waals surface area (Å²) < 4.78 is 0. The zero-order valence-corrected chi connectivity index (χ0v) is 13.3. The monoisotopic (exact) mass is 289 g/mol. The SMILES string of the molecule is CCN1CCCC1CN(C)c1cnc(CNC2CC2)cn1. The van der Waals surface area contributed by atoms with E-state index in [9.17, 15) is 0 Å². The fraction of sp³-hybridized carbons (Fsp3) is 0.750. The molecular weight excluding hydrogens is 262 g/mol. The Balaban J connectivity index is 1.52. The van der Waals surface area contributed by atoms with Crippen LogP contribution in [0.1, 0.15) is 38.3 Å². The maximum atomic E-state index is 4.57. The van der Waals surface area contributed by atoms with Gasteiger partial charge in [-0.25, -0.2) is 4.98 Å². The van der Waals surface area contributed by atoms with Gasteiger partial charge >= 0.3 is 0 Å². The number of likely N-dealkylation sites (tertiary alicyclic amines) is 1. The average molecular weight is 289 g/mol. The van der Waals surface area contributed by atoms with Crippen molar-refractivity contribution in [2.45, 2.75) is 51.2 Å². The number of nitrogens with zero attached hydrogens (tertiary/aromatic N) is 4. The predicted octanol–water partition coefficient (Wildman–Crippen LogP) is 1.65. The van der Waals surface area contributed by atoms with Crippen LogP contribution < -0.4 is 10.2 Å². The zero-order valence-electron chi connectivity index (χ0n) is 13.3. The molecule has 1 saturated heterocycles. The smallest absolute Gasteiger partial charge is 0.146 e. The predicted molar refractivity (Wildman–Crippen MR) is 85.4 cm³/mol. The molecule has 1 unspecified atom stereocenters. The van der Waals surface area contributed by atoms with Crippen LogP contribution in [0.25, 0.3) is 0 Å². The van der Waals surface area contributed by atoms with Crippen molar-refractivity contribution in [1.82, 2.24) is 20.2 Å². The third kappa shape index (κ3) is 3.92. The Morgan fingerprint density at radius 1 is 1.29 bits per heavy atom. The van der Waals surface area contributed by atoms with E-state index >= 15 is 0 Å². The quantitative estimate of drug-likeness (QED) is 0.827. The Hall–Kier alpha value is -1.20. The highest BCUT2D eigenvalue weighted by atomic mass is 15.2. The first kappa shape index (κ1) is 14.7. The summed E-state index contributed by atoms with van der Waals surface area (Å²) in [6, 6.07) is 1.38. The summed E-state index contributed by atoms with van der Waals surface area (Å²) in [5.74, 6) is 0.980. The van der Waals surface area contributed by atoms with Crippen molar-refractivity contribution < 1.29 is 0 Å². The van der Waals surface area contributed by atoms with Gasteiger partial charge in [0.1, 0.15) is 5.82 Å². The summed E-state index contributed by atoms with van der Waals surface area (Å²) >= 11 is 0. The van der Waals surface area contributed by atoms with E-state index in [-0.39, 0.29) is 0 Å². The third-order valence-electron chi connectivity index (χ3n) is 4.62. The number of hydrogen-bond donors (Lipinski definition) is 1. The second kappa shape index (κ2) is 6.71. The van der Waals surface area contributed by atoms with Crippen molar-refractivity contribution in [1.29, 1.82) is 0 Å². The number of hydrogen-bond acceptors (Lipinski definition) is 5. The van der Waals surface area contributed by atoms with Crippen LogP contribution in [-0.4, -0.2) is 53.6 Å². The van der Waals surface area contributed by atoms with Crippen LogP contribution in [0.3, 0.4) is 0 Å². The molecule has 1 aromatic heterocycles. The van der Waals surface area contributed by atoms with Gasteiger partial charge in [0.2, 0.25) is 0 Å². The molecule has 5 nitrogen and oxygen atoms in total. The van der Waals surface area contributed by atoms with E-state index in [0.717, 1.165) is 37.2 Å². The normalized spacial score (nSPS) is 22.7. The van der Waals surface area contributed by atoms with Crippen LogP contribution in [0.5, 0.6) is 0 Å². The minimum atomic E-state index is 0.665. The van der Waals surface area contributed by atoms with Crippen LogP contribution in [-0.2, 0) is 6.54 Å². The molecule has 5 heteroatoms. The molecule has 1 saturated carbocycles. The molecule has 0 bridgehead atoms. The first-order valence-electron chi connectivity index (χ1n) is 8.25. The largest absolute Gasteiger partial charge is 0.357 e. The second-order valence-corrected chi connectivity index (χ2v) is 6.33. The van der Waals surface area contributed by atoms with Crippen LogP contribution in [0.2, 0.25) is 0 Å². The minimum absolute atomic E-state index is 0.665. The van der Waals surface area contributed by atoms with Gasteiger partial charge < -0.3 is 10.2 Å². The molecule has 1 N–H and O–H groups in total. The molecule has 0 radical (unpaired) electrons. The van der Waals surface area contributed by atoms with E-state index in [2.05, 4.69) is 39.1 Å². The Bertz CT molecular complexity index is 442. The van der Waals surface area contributed by atoms with E-state index in [4.69, 9.17) is 0 Å². The van der Waals surface area contributed by atoms with Gasteiger partial charge in [0.15, 0.2) is 0 Å². The third-order valence-corrected chi connectivity index (χ3v) is 4.62. The van der Waals surface area contributed by atoms with Gasteiger partial charge in [-0.1, -0.05) is 6.92 Å². The maximum Gasteiger partial charge on any atom is 0.146 e. The van der Waals surface area contributed by atoms with Crippen molar-refractivity contribution in [3.8, 4) is 0 Å². The molecule has 0 amide bonds. The first-order valence-corrected chi connectivity index (χ1v) is 8.25. The molecule has 2 aliphatic rings. The van der Waals surface area contributed by atoms with E-state index < -0.39 is 0 Å². The standard InChI is InChI=1S/C16H27N5/c1-3-21-8-4-5-15(21)12-20(2)16-11-18-14(10-19-16)9-17-13-6-7-13/h10-11,13,15,17H,3-9,12H2,1-2H3.